The molecule has 5 nitrogen and oxygen atoms in total. The van der Waals surface area contributed by atoms with Crippen molar-refractivity contribution in [2.24, 2.45) is 11.7 Å². The van der Waals surface area contributed by atoms with Gasteiger partial charge in [-0.1, -0.05) is 25.1 Å². The Kier molecular flexibility index (Phi) is 3.79. The molecule has 1 aliphatic heterocycles. The Hall–Kier alpha value is -2.43. The zero-order valence-corrected chi connectivity index (χ0v) is 12.7. The zero-order chi connectivity index (χ0) is 15.7. The molecular formula is C17H21N5. The normalized spacial score (nSPS) is 21.8. The van der Waals surface area contributed by atoms with Crippen LogP contribution in [-0.2, 0) is 0 Å². The van der Waals surface area contributed by atoms with E-state index in [1.54, 1.807) is 6.20 Å². The summed E-state index contributed by atoms with van der Waals surface area (Å²) in [5.74, 6) is 0.978. The molecule has 4 N–H and O–H groups in total. The summed E-state index contributed by atoms with van der Waals surface area (Å²) in [5, 5.41) is 16.4. The predicted octanol–water partition coefficient (Wildman–Crippen LogP) is 2.55. The summed E-state index contributed by atoms with van der Waals surface area (Å²) in [7, 11) is 0. The topological polar surface area (TPSA) is 89.9 Å². The SMILES string of the molecule is C[C@@H]1C[C@H](c2ccc(C=N)c3ncccc23)CN(C(=N)N)C1. The van der Waals surface area contributed by atoms with Crippen LogP contribution in [0.3, 0.4) is 0 Å². The number of benzene rings is 1. The van der Waals surface area contributed by atoms with Crippen LogP contribution in [0.2, 0.25) is 0 Å². The van der Waals surface area contributed by atoms with Crippen molar-refractivity contribution < 1.29 is 0 Å². The second kappa shape index (κ2) is 5.75. The molecule has 0 amide bonds. The Bertz CT molecular complexity index is 724. The summed E-state index contributed by atoms with van der Waals surface area (Å²) in [6, 6.07) is 8.08. The highest BCUT2D eigenvalue weighted by Gasteiger charge is 2.27. The molecule has 5 heteroatoms. The number of pyridine rings is 1. The summed E-state index contributed by atoms with van der Waals surface area (Å²) in [5.41, 5.74) is 8.65. The highest BCUT2D eigenvalue weighted by Crippen LogP contribution is 2.34. The van der Waals surface area contributed by atoms with E-state index >= 15 is 0 Å². The molecule has 0 saturated carbocycles. The first kappa shape index (κ1) is 14.5. The lowest BCUT2D eigenvalue weighted by atomic mass is 9.83. The molecule has 1 saturated heterocycles. The smallest absolute Gasteiger partial charge is 0.188 e. The van der Waals surface area contributed by atoms with Crippen LogP contribution < -0.4 is 5.73 Å². The van der Waals surface area contributed by atoms with E-state index < -0.39 is 0 Å². The Balaban J connectivity index is 2.06. The Labute approximate surface area is 130 Å². The minimum absolute atomic E-state index is 0.148. The van der Waals surface area contributed by atoms with Crippen molar-refractivity contribution in [1.29, 1.82) is 10.8 Å². The number of piperidine rings is 1. The first-order valence-corrected chi connectivity index (χ1v) is 7.57. The number of likely N-dealkylation sites (tertiary alicyclic amines) is 1. The molecule has 3 rings (SSSR count). The average molecular weight is 295 g/mol. The second-order valence-electron chi connectivity index (χ2n) is 6.12. The molecule has 2 aromatic rings. The fourth-order valence-corrected chi connectivity index (χ4v) is 3.46. The Morgan fingerprint density at radius 3 is 2.91 bits per heavy atom. The summed E-state index contributed by atoms with van der Waals surface area (Å²) in [6.07, 6.45) is 4.20. The van der Waals surface area contributed by atoms with Crippen LogP contribution in [-0.4, -0.2) is 35.1 Å². The number of fused-ring (bicyclic) bond motifs is 1. The predicted molar refractivity (Wildman–Crippen MR) is 89.6 cm³/mol. The highest BCUT2D eigenvalue weighted by atomic mass is 15.2. The number of guanidine groups is 1. The van der Waals surface area contributed by atoms with Crippen LogP contribution in [0.5, 0.6) is 0 Å². The van der Waals surface area contributed by atoms with Crippen LogP contribution in [0.4, 0.5) is 0 Å². The molecule has 2 atom stereocenters. The monoisotopic (exact) mass is 295 g/mol. The quantitative estimate of drug-likeness (QED) is 0.587. The van der Waals surface area contributed by atoms with Gasteiger partial charge in [-0.3, -0.25) is 10.4 Å². The summed E-state index contributed by atoms with van der Waals surface area (Å²) in [6.45, 7) is 3.82. The van der Waals surface area contributed by atoms with E-state index in [0.29, 0.717) is 11.8 Å². The third-order valence-electron chi connectivity index (χ3n) is 4.43. The number of nitrogens with one attached hydrogen (secondary N) is 2. The molecule has 0 radical (unpaired) electrons. The third-order valence-corrected chi connectivity index (χ3v) is 4.43. The molecule has 22 heavy (non-hydrogen) atoms. The van der Waals surface area contributed by atoms with E-state index in [1.807, 2.05) is 17.0 Å². The third kappa shape index (κ3) is 2.54. The summed E-state index contributed by atoms with van der Waals surface area (Å²) >= 11 is 0. The van der Waals surface area contributed by atoms with E-state index in [4.69, 9.17) is 16.6 Å². The second-order valence-corrected chi connectivity index (χ2v) is 6.12. The van der Waals surface area contributed by atoms with Gasteiger partial charge in [-0.25, -0.2) is 0 Å². The van der Waals surface area contributed by atoms with Crippen LogP contribution >= 0.6 is 0 Å². The molecule has 0 aliphatic carbocycles. The highest BCUT2D eigenvalue weighted by molar-refractivity contribution is 5.98. The van der Waals surface area contributed by atoms with Crippen LogP contribution in [0.1, 0.15) is 30.4 Å². The van der Waals surface area contributed by atoms with E-state index in [0.717, 1.165) is 36.0 Å². The fourth-order valence-electron chi connectivity index (χ4n) is 3.46. The van der Waals surface area contributed by atoms with Gasteiger partial charge in [0.2, 0.25) is 0 Å². The van der Waals surface area contributed by atoms with Gasteiger partial charge in [-0.2, -0.15) is 0 Å². The lowest BCUT2D eigenvalue weighted by molar-refractivity contribution is 0.242. The van der Waals surface area contributed by atoms with Gasteiger partial charge < -0.3 is 16.0 Å². The molecule has 1 aliphatic rings. The van der Waals surface area contributed by atoms with Gasteiger partial charge in [0.15, 0.2) is 5.96 Å². The van der Waals surface area contributed by atoms with Crippen LogP contribution in [0, 0.1) is 16.7 Å². The number of rotatable bonds is 2. The Morgan fingerprint density at radius 2 is 2.18 bits per heavy atom. The zero-order valence-electron chi connectivity index (χ0n) is 12.7. The van der Waals surface area contributed by atoms with Gasteiger partial charge in [-0.15, -0.1) is 0 Å². The molecule has 0 unspecified atom stereocenters. The minimum Gasteiger partial charge on any atom is -0.370 e. The van der Waals surface area contributed by atoms with Crippen molar-refractivity contribution >= 4 is 23.1 Å². The van der Waals surface area contributed by atoms with Gasteiger partial charge in [-0.05, 0) is 24.0 Å². The van der Waals surface area contributed by atoms with Crippen LogP contribution in [0.15, 0.2) is 30.5 Å². The molecule has 2 heterocycles. The van der Waals surface area contributed by atoms with E-state index in [1.165, 1.54) is 11.8 Å². The summed E-state index contributed by atoms with van der Waals surface area (Å²) in [4.78, 5) is 6.40. The van der Waals surface area contributed by atoms with Gasteiger partial charge >= 0.3 is 0 Å². The van der Waals surface area contributed by atoms with Crippen molar-refractivity contribution in [3.05, 3.63) is 41.6 Å². The number of hydrogen-bond acceptors (Lipinski definition) is 3. The molecule has 0 spiro atoms. The van der Waals surface area contributed by atoms with Crippen molar-refractivity contribution in [2.75, 3.05) is 13.1 Å². The lowest BCUT2D eigenvalue weighted by Crippen LogP contribution is -2.45. The van der Waals surface area contributed by atoms with Crippen molar-refractivity contribution in [3.8, 4) is 0 Å². The molecule has 1 fully saturated rings. The van der Waals surface area contributed by atoms with Crippen molar-refractivity contribution in [2.45, 2.75) is 19.3 Å². The van der Waals surface area contributed by atoms with Crippen molar-refractivity contribution in [3.63, 3.8) is 0 Å². The largest absolute Gasteiger partial charge is 0.370 e. The van der Waals surface area contributed by atoms with Gasteiger partial charge in [0.1, 0.15) is 0 Å². The first-order valence-electron chi connectivity index (χ1n) is 7.57. The maximum absolute atomic E-state index is 7.72. The summed E-state index contributed by atoms with van der Waals surface area (Å²) < 4.78 is 0. The fraction of sp³-hybridized carbons (Fsp3) is 0.353. The van der Waals surface area contributed by atoms with Gasteiger partial charge in [0, 0.05) is 42.4 Å². The number of nitrogens with two attached hydrogens (primary N) is 1. The van der Waals surface area contributed by atoms with E-state index in [2.05, 4.69) is 24.0 Å². The standard InChI is InChI=1S/C17H21N5/c1-11-7-13(10-22(9-11)17(19)20)14-5-4-12(8-18)16-15(14)3-2-6-21-16/h2-6,8,11,13,18H,7,9-10H2,1H3,(H3,19,20)/t11-,13+/m1/s1. The van der Waals surface area contributed by atoms with Crippen LogP contribution in [0.25, 0.3) is 10.9 Å². The molecule has 1 aromatic carbocycles. The maximum atomic E-state index is 7.72. The molecule has 0 bridgehead atoms. The number of aromatic nitrogens is 1. The first-order chi connectivity index (χ1) is 10.6. The van der Waals surface area contributed by atoms with Gasteiger partial charge in [0.25, 0.3) is 0 Å². The maximum Gasteiger partial charge on any atom is 0.188 e. The Morgan fingerprint density at radius 1 is 1.36 bits per heavy atom. The van der Waals surface area contributed by atoms with Crippen molar-refractivity contribution in [1.82, 2.24) is 9.88 Å². The molecule has 1 aromatic heterocycles. The molecule has 114 valence electrons. The lowest BCUT2D eigenvalue weighted by Gasteiger charge is -2.37. The van der Waals surface area contributed by atoms with E-state index in [9.17, 15) is 0 Å². The minimum atomic E-state index is 0.148. The number of hydrogen-bond donors (Lipinski definition) is 3. The van der Waals surface area contributed by atoms with Gasteiger partial charge in [0.05, 0.1) is 5.52 Å². The number of nitrogens with zero attached hydrogens (tertiary/aromatic N) is 2. The molecular weight excluding hydrogens is 274 g/mol. The average Bonchev–Trinajstić information content (AvgIpc) is 2.53. The van der Waals surface area contributed by atoms with E-state index in [-0.39, 0.29) is 5.96 Å².